The number of carbonyl (C=O) groups is 11. The lowest BCUT2D eigenvalue weighted by Gasteiger charge is -2.33. The van der Waals surface area contributed by atoms with Crippen LogP contribution in [0, 0.1) is 23.7 Å². The van der Waals surface area contributed by atoms with E-state index in [1.807, 2.05) is 27.7 Å². The third-order valence-corrected chi connectivity index (χ3v) is 17.4. The number of ketones is 1. The van der Waals surface area contributed by atoms with Gasteiger partial charge in [-0.1, -0.05) is 90.4 Å². The number of Topliss-reactive ketones (excluding diaryl/α,β-unsaturated/α-hetero) is 1. The average Bonchev–Trinajstić information content (AvgIpc) is 3.94. The summed E-state index contributed by atoms with van der Waals surface area (Å²) >= 11 is 0. The monoisotopic (exact) mass is 1200 g/mol. The Kier molecular flexibility index (Phi) is 22.5. The minimum atomic E-state index is -1.66. The van der Waals surface area contributed by atoms with Crippen LogP contribution < -0.4 is 31.9 Å². The number of likely N-dealkylation sites (N-methyl/N-ethyl adjacent to an activating group) is 1. The Labute approximate surface area is 501 Å². The molecule has 0 spiro atoms. The Balaban J connectivity index is 1.26. The molecule has 0 aliphatic carbocycles. The molecule has 5 fully saturated rings. The Morgan fingerprint density at radius 2 is 1.35 bits per heavy atom. The molecule has 5 aliphatic rings. The SMILES string of the molecule is CC[C@H](C)[C@@H]1NC(=O)[C@@H](CC(C)C)NC(=O)[C@@H]2C[C@H](C)CN2C(=O)C(NC(=O)[C@H](Cc2ccccc2)N(C)C(C)=O)COC(=O)[C@@H]2C[C@H](C)CN2C(=O)[C@@H]2C[C@@H](O)C(N2)C(=O)[C@@H]2CCCN2C(=O)C(CO)NC(=O)[C@H](Cc2ccc(O)cc2)NC1=O. The zero-order valence-electron chi connectivity index (χ0n) is 50.4. The van der Waals surface area contributed by atoms with Crippen LogP contribution in [0.1, 0.15) is 105 Å². The highest BCUT2D eigenvalue weighted by Gasteiger charge is 2.50. The summed E-state index contributed by atoms with van der Waals surface area (Å²) in [5.74, 6) is -9.76. The highest BCUT2D eigenvalue weighted by Crippen LogP contribution is 2.30. The molecular weight excluding hydrogens is 1110 g/mol. The van der Waals surface area contributed by atoms with Crippen LogP contribution in [0.2, 0.25) is 0 Å². The first-order chi connectivity index (χ1) is 40.8. The zero-order valence-corrected chi connectivity index (χ0v) is 50.4. The molecule has 0 aromatic heterocycles. The van der Waals surface area contributed by atoms with E-state index in [1.165, 1.54) is 57.8 Å². The number of amides is 9. The van der Waals surface area contributed by atoms with Crippen LogP contribution in [0.3, 0.4) is 0 Å². The number of cyclic esters (lactones) is 1. The molecule has 5 saturated heterocycles. The van der Waals surface area contributed by atoms with Gasteiger partial charge in [0.2, 0.25) is 53.2 Å². The first kappa shape index (κ1) is 66.0. The van der Waals surface area contributed by atoms with Gasteiger partial charge in [0.25, 0.3) is 0 Å². The summed E-state index contributed by atoms with van der Waals surface area (Å²) in [5.41, 5.74) is 1.16. The molecule has 0 saturated carbocycles. The second kappa shape index (κ2) is 29.3. The van der Waals surface area contributed by atoms with E-state index in [0.29, 0.717) is 24.0 Å². The number of esters is 1. The molecule has 3 unspecified atom stereocenters. The fourth-order valence-electron chi connectivity index (χ4n) is 12.3. The number of ether oxygens (including phenoxy) is 1. The first-order valence-electron chi connectivity index (χ1n) is 30.0. The summed E-state index contributed by atoms with van der Waals surface area (Å²) in [6.45, 7) is 10.4. The van der Waals surface area contributed by atoms with Gasteiger partial charge in [-0.05, 0) is 85.5 Å². The highest BCUT2D eigenvalue weighted by molar-refractivity contribution is 6.00. The van der Waals surface area contributed by atoms with Gasteiger partial charge in [-0.2, -0.15) is 0 Å². The van der Waals surface area contributed by atoms with Crippen LogP contribution in [0.5, 0.6) is 5.75 Å². The summed E-state index contributed by atoms with van der Waals surface area (Å²) in [7, 11) is 1.44. The van der Waals surface area contributed by atoms with Crippen molar-refractivity contribution in [2.75, 3.05) is 39.9 Å². The van der Waals surface area contributed by atoms with E-state index in [9.17, 15) is 63.3 Å². The normalized spacial score (nSPS) is 30.2. The molecule has 86 heavy (non-hydrogen) atoms. The molecule has 15 atom stereocenters. The molecule has 2 bridgehead atoms. The summed E-state index contributed by atoms with van der Waals surface area (Å²) < 4.78 is 5.92. The van der Waals surface area contributed by atoms with Gasteiger partial charge in [-0.25, -0.2) is 4.79 Å². The van der Waals surface area contributed by atoms with Gasteiger partial charge < -0.3 is 66.2 Å². The molecule has 470 valence electrons. The number of nitrogens with zero attached hydrogens (tertiary/aromatic N) is 4. The Hall–Kier alpha value is -7.51. The van der Waals surface area contributed by atoms with E-state index in [2.05, 4.69) is 31.9 Å². The quantitative estimate of drug-likeness (QED) is 0.118. The van der Waals surface area contributed by atoms with E-state index < -0.39 is 157 Å². The van der Waals surface area contributed by atoms with Crippen molar-refractivity contribution in [1.82, 2.24) is 51.5 Å². The summed E-state index contributed by atoms with van der Waals surface area (Å²) in [4.78, 5) is 164. The van der Waals surface area contributed by atoms with Crippen LogP contribution in [-0.2, 0) is 70.3 Å². The van der Waals surface area contributed by atoms with E-state index in [-0.39, 0.29) is 88.1 Å². The van der Waals surface area contributed by atoms with E-state index >= 15 is 4.79 Å². The van der Waals surface area contributed by atoms with Crippen molar-refractivity contribution in [3.05, 3.63) is 65.7 Å². The van der Waals surface area contributed by atoms with Gasteiger partial charge in [-0.15, -0.1) is 0 Å². The van der Waals surface area contributed by atoms with E-state index in [1.54, 1.807) is 44.2 Å². The van der Waals surface area contributed by atoms with Crippen LogP contribution in [0.4, 0.5) is 0 Å². The van der Waals surface area contributed by atoms with Crippen molar-refractivity contribution in [3.63, 3.8) is 0 Å². The maximum Gasteiger partial charge on any atom is 0.328 e. The second-order valence-electron chi connectivity index (χ2n) is 24.6. The number of aromatic hydroxyl groups is 1. The smallest absolute Gasteiger partial charge is 0.328 e. The minimum Gasteiger partial charge on any atom is -0.508 e. The summed E-state index contributed by atoms with van der Waals surface area (Å²) in [5, 5.41) is 48.8. The van der Waals surface area contributed by atoms with Gasteiger partial charge in [0.1, 0.15) is 60.7 Å². The van der Waals surface area contributed by atoms with E-state index in [4.69, 9.17) is 4.74 Å². The third-order valence-electron chi connectivity index (χ3n) is 17.4. The van der Waals surface area contributed by atoms with Crippen molar-refractivity contribution < 1.29 is 72.8 Å². The number of nitrogens with one attached hydrogen (secondary N) is 6. The van der Waals surface area contributed by atoms with Crippen molar-refractivity contribution in [1.29, 1.82) is 0 Å². The molecule has 5 aliphatic heterocycles. The predicted molar refractivity (Wildman–Crippen MR) is 310 cm³/mol. The lowest BCUT2D eigenvalue weighted by atomic mass is 9.95. The van der Waals surface area contributed by atoms with Crippen molar-refractivity contribution in [2.45, 2.75) is 179 Å². The van der Waals surface area contributed by atoms with Crippen molar-refractivity contribution >= 4 is 64.9 Å². The number of phenolic OH excluding ortho intramolecular Hbond substituents is 1. The van der Waals surface area contributed by atoms with E-state index in [0.717, 1.165) is 0 Å². The Bertz CT molecular complexity index is 2820. The number of hydrogen-bond acceptors (Lipinski definition) is 16. The molecule has 5 heterocycles. The standard InChI is InChI=1S/C61H86N10O15/c1-9-35(6)50-57(81)64-41(25-38-17-19-39(74)20-18-38)53(77)65-43(30-72)59(83)69-21-13-16-45(69)52(76)51-49(75)27-42(62-51)58(82)71-29-34(5)24-48(71)61(85)86-31-44(66-55(79)46(68(8)36(7)73)26-37-14-11-10-12-15-37)60(84)70-28-33(4)23-47(70)56(80)63-40(22-32(2)3)54(78)67-50/h10-12,14-15,17-20,32-35,40-51,62,72,74-75H,9,13,16,21-31H2,1-8H3,(H,63,80)(H,64,81)(H,65,77)(H,66,79)(H,67,78)/t33-,34-,35-,40+,41-,42-,43?,44?,45-,46-,47-,48-,49+,50-,51?/m0/s1. The minimum absolute atomic E-state index is 0.00757. The predicted octanol–water partition coefficient (Wildman–Crippen LogP) is -0.785. The Morgan fingerprint density at radius 3 is 1.98 bits per heavy atom. The highest BCUT2D eigenvalue weighted by atomic mass is 16.5. The van der Waals surface area contributed by atoms with Gasteiger partial charge in [-0.3, -0.25) is 53.3 Å². The molecular formula is C61H86N10O15. The molecule has 9 N–H and O–H groups in total. The van der Waals surface area contributed by atoms with Crippen LogP contribution in [0.25, 0.3) is 0 Å². The topological polar surface area (TPSA) is 343 Å². The summed E-state index contributed by atoms with van der Waals surface area (Å²) in [6.07, 6.45) is -0.750. The number of aliphatic hydroxyl groups excluding tert-OH is 2. The Morgan fingerprint density at radius 1 is 0.733 bits per heavy atom. The molecule has 25 heteroatoms. The third kappa shape index (κ3) is 15.9. The first-order valence-corrected chi connectivity index (χ1v) is 30.0. The number of hydrogen-bond donors (Lipinski definition) is 9. The van der Waals surface area contributed by atoms with Gasteiger partial charge in [0.05, 0.1) is 30.8 Å². The molecule has 2 aromatic rings. The second-order valence-corrected chi connectivity index (χ2v) is 24.6. The molecule has 0 radical (unpaired) electrons. The fraction of sp³-hybridized carbons (Fsp3) is 0.623. The van der Waals surface area contributed by atoms with Crippen molar-refractivity contribution in [2.24, 2.45) is 23.7 Å². The van der Waals surface area contributed by atoms with Gasteiger partial charge >= 0.3 is 5.97 Å². The number of fused-ring (bicyclic) bond motifs is 5. The van der Waals surface area contributed by atoms with Crippen molar-refractivity contribution in [3.8, 4) is 5.75 Å². The van der Waals surface area contributed by atoms with Crippen LogP contribution in [-0.4, -0.2) is 212 Å². The molecule has 7 rings (SSSR count). The van der Waals surface area contributed by atoms with Gasteiger partial charge in [0.15, 0.2) is 5.78 Å². The molecule has 2 aromatic carbocycles. The van der Waals surface area contributed by atoms with Crippen LogP contribution >= 0.6 is 0 Å². The number of rotatable bonds is 12. The van der Waals surface area contributed by atoms with Crippen LogP contribution in [0.15, 0.2) is 54.6 Å². The number of carbonyl (C=O) groups excluding carboxylic acids is 11. The average molecular weight is 1200 g/mol. The maximum atomic E-state index is 15.2. The molecule has 25 nitrogen and oxygen atoms in total. The lowest BCUT2D eigenvalue weighted by molar-refractivity contribution is -0.157. The molecule has 9 amide bonds. The number of phenols is 1. The fourth-order valence-corrected chi connectivity index (χ4v) is 12.3. The zero-order chi connectivity index (χ0) is 62.8. The lowest BCUT2D eigenvalue weighted by Crippen LogP contribution is -2.62. The van der Waals surface area contributed by atoms with Gasteiger partial charge in [0, 0.05) is 46.4 Å². The number of benzene rings is 2. The number of aliphatic hydroxyl groups is 2. The largest absolute Gasteiger partial charge is 0.508 e. The maximum absolute atomic E-state index is 15.2. The summed E-state index contributed by atoms with van der Waals surface area (Å²) in [6, 6.07) is -0.0691.